The third-order valence-electron chi connectivity index (χ3n) is 5.30. The van der Waals surface area contributed by atoms with Gasteiger partial charge in [0.1, 0.15) is 18.5 Å². The molecular formula is C28H28N4O6. The Morgan fingerprint density at radius 1 is 1.05 bits per heavy atom. The minimum absolute atomic E-state index is 0.0234. The number of nitrogens with zero attached hydrogens (tertiary/aromatic N) is 1. The lowest BCUT2D eigenvalue weighted by Gasteiger charge is -2.26. The summed E-state index contributed by atoms with van der Waals surface area (Å²) in [6.45, 7) is -0.189. The van der Waals surface area contributed by atoms with Crippen molar-refractivity contribution in [3.63, 3.8) is 0 Å². The number of hydrogen-bond donors (Lipinski definition) is 4. The van der Waals surface area contributed by atoms with E-state index in [0.29, 0.717) is 33.9 Å². The summed E-state index contributed by atoms with van der Waals surface area (Å²) in [6.07, 6.45) is -0.0314. The molecule has 0 heterocycles. The van der Waals surface area contributed by atoms with Crippen LogP contribution in [0.15, 0.2) is 84.9 Å². The number of rotatable bonds is 11. The van der Waals surface area contributed by atoms with Gasteiger partial charge in [-0.25, -0.2) is 4.79 Å². The number of aliphatic hydroxyl groups is 1. The highest BCUT2D eigenvalue weighted by atomic mass is 16.6. The minimum atomic E-state index is -1.04. The smallest absolute Gasteiger partial charge is 0.412 e. The van der Waals surface area contributed by atoms with Crippen molar-refractivity contribution in [1.29, 1.82) is 5.26 Å². The maximum Gasteiger partial charge on any atom is 0.412 e. The van der Waals surface area contributed by atoms with Gasteiger partial charge in [-0.15, -0.1) is 0 Å². The van der Waals surface area contributed by atoms with Crippen LogP contribution in [0.4, 0.5) is 21.9 Å². The van der Waals surface area contributed by atoms with Gasteiger partial charge in [0.25, 0.3) is 0 Å². The van der Waals surface area contributed by atoms with Crippen molar-refractivity contribution in [2.45, 2.75) is 12.2 Å². The average Bonchev–Trinajstić information content (AvgIpc) is 2.93. The molecule has 2 atom stereocenters. The zero-order valence-electron chi connectivity index (χ0n) is 20.7. The van der Waals surface area contributed by atoms with Gasteiger partial charge in [-0.1, -0.05) is 30.3 Å². The summed E-state index contributed by atoms with van der Waals surface area (Å²) in [5, 5.41) is 23.5. The molecule has 5 N–H and O–H groups in total. The molecule has 10 nitrogen and oxygen atoms in total. The maximum atomic E-state index is 12.9. The number of methoxy groups -OCH3 is 1. The van der Waals surface area contributed by atoms with Gasteiger partial charge >= 0.3 is 6.09 Å². The summed E-state index contributed by atoms with van der Waals surface area (Å²) in [5.74, 6) is -0.0924. The Morgan fingerprint density at radius 3 is 2.45 bits per heavy atom. The van der Waals surface area contributed by atoms with Gasteiger partial charge in [-0.05, 0) is 48.5 Å². The van der Waals surface area contributed by atoms with E-state index >= 15 is 0 Å². The Morgan fingerprint density at radius 2 is 1.76 bits per heavy atom. The summed E-state index contributed by atoms with van der Waals surface area (Å²) in [6, 6.07) is 21.9. The van der Waals surface area contributed by atoms with Crippen molar-refractivity contribution >= 4 is 29.1 Å². The summed E-state index contributed by atoms with van der Waals surface area (Å²) in [4.78, 5) is 25.4. The molecule has 2 amide bonds. The van der Waals surface area contributed by atoms with Crippen molar-refractivity contribution in [2.75, 3.05) is 36.7 Å². The number of nitrogen functional groups attached to an aromatic ring is 1. The van der Waals surface area contributed by atoms with Crippen LogP contribution >= 0.6 is 0 Å². The molecule has 0 aliphatic heterocycles. The highest BCUT2D eigenvalue weighted by Gasteiger charge is 2.28. The van der Waals surface area contributed by atoms with Crippen molar-refractivity contribution < 1.29 is 28.9 Å². The molecule has 0 unspecified atom stereocenters. The number of nitrogens with one attached hydrogen (secondary N) is 2. The van der Waals surface area contributed by atoms with Crippen LogP contribution in [-0.2, 0) is 14.3 Å². The molecule has 3 aromatic rings. The van der Waals surface area contributed by atoms with E-state index in [4.69, 9.17) is 25.2 Å². The first-order valence-electron chi connectivity index (χ1n) is 11.6. The highest BCUT2D eigenvalue weighted by molar-refractivity contribution is 6.01. The van der Waals surface area contributed by atoms with Gasteiger partial charge in [0.15, 0.2) is 6.10 Å². The molecule has 0 fully saturated rings. The number of aliphatic hydroxyl groups excluding tert-OH is 1. The number of amides is 2. The summed E-state index contributed by atoms with van der Waals surface area (Å²) >= 11 is 0. The van der Waals surface area contributed by atoms with Gasteiger partial charge in [0, 0.05) is 24.4 Å². The lowest BCUT2D eigenvalue weighted by atomic mass is 10.0. The van der Waals surface area contributed by atoms with Crippen molar-refractivity contribution in [2.24, 2.45) is 0 Å². The Kier molecular flexibility index (Phi) is 10.2. The van der Waals surface area contributed by atoms with Crippen LogP contribution in [-0.4, -0.2) is 43.5 Å². The molecule has 38 heavy (non-hydrogen) atoms. The quantitative estimate of drug-likeness (QED) is 0.220. The number of nitriles is 1. The number of carbonyl (C=O) groups is 2. The molecule has 10 heteroatoms. The fraction of sp³-hybridized carbons (Fsp3) is 0.179. The third kappa shape index (κ3) is 7.83. The van der Waals surface area contributed by atoms with E-state index in [1.807, 2.05) is 6.07 Å². The van der Waals surface area contributed by atoms with Crippen molar-refractivity contribution in [3.05, 3.63) is 96.1 Å². The van der Waals surface area contributed by atoms with Crippen LogP contribution in [0.5, 0.6) is 5.75 Å². The molecule has 0 radical (unpaired) electrons. The summed E-state index contributed by atoms with van der Waals surface area (Å²) < 4.78 is 17.0. The first-order valence-corrected chi connectivity index (χ1v) is 11.6. The largest absolute Gasteiger partial charge is 0.491 e. The number of ether oxygens (including phenoxy) is 3. The number of para-hydroxylation sites is 3. The molecule has 0 spiro atoms. The predicted octanol–water partition coefficient (Wildman–Crippen LogP) is 4.01. The second kappa shape index (κ2) is 14.0. The van der Waals surface area contributed by atoms with Crippen LogP contribution < -0.4 is 21.1 Å². The highest BCUT2D eigenvalue weighted by Crippen LogP contribution is 2.32. The first kappa shape index (κ1) is 27.7. The normalized spacial score (nSPS) is 12.2. The number of benzene rings is 3. The van der Waals surface area contributed by atoms with E-state index in [1.54, 1.807) is 72.8 Å². The molecular weight excluding hydrogens is 488 g/mol. The maximum absolute atomic E-state index is 12.9. The number of anilines is 3. The SMILES string of the molecule is CO[C@@H](/C=C/C(=O)Nc1ccccc1N)[C@@H](OC(=O)Nc1ccc(C#N)cc1)c1ccccc1OCCO. The molecule has 3 rings (SSSR count). The predicted molar refractivity (Wildman–Crippen MR) is 142 cm³/mol. The lowest BCUT2D eigenvalue weighted by Crippen LogP contribution is -2.27. The van der Waals surface area contributed by atoms with Crippen LogP contribution in [0.3, 0.4) is 0 Å². The van der Waals surface area contributed by atoms with Crippen LogP contribution in [0.1, 0.15) is 17.2 Å². The van der Waals surface area contributed by atoms with Crippen molar-refractivity contribution in [1.82, 2.24) is 0 Å². The van der Waals surface area contributed by atoms with Gasteiger partial charge < -0.3 is 30.4 Å². The summed E-state index contributed by atoms with van der Waals surface area (Å²) in [5.41, 5.74) is 8.07. The van der Waals surface area contributed by atoms with E-state index in [-0.39, 0.29) is 13.2 Å². The lowest BCUT2D eigenvalue weighted by molar-refractivity contribution is -0.112. The zero-order valence-corrected chi connectivity index (χ0v) is 20.7. The molecule has 196 valence electrons. The van der Waals surface area contributed by atoms with Gasteiger partial charge in [-0.2, -0.15) is 5.26 Å². The Balaban J connectivity index is 1.85. The number of nitrogens with two attached hydrogens (primary N) is 1. The first-order chi connectivity index (χ1) is 18.4. The van der Waals surface area contributed by atoms with E-state index in [0.717, 1.165) is 0 Å². The fourth-order valence-corrected chi connectivity index (χ4v) is 3.47. The van der Waals surface area contributed by atoms with Crippen molar-refractivity contribution in [3.8, 4) is 11.8 Å². The average molecular weight is 517 g/mol. The molecule has 0 saturated heterocycles. The molecule has 0 bridgehead atoms. The van der Waals surface area contributed by atoms with Gasteiger partial charge in [-0.3, -0.25) is 10.1 Å². The number of carbonyl (C=O) groups excluding carboxylic acids is 2. The van der Waals surface area contributed by atoms with Gasteiger partial charge in [0.2, 0.25) is 5.91 Å². The number of hydrogen-bond acceptors (Lipinski definition) is 8. The summed E-state index contributed by atoms with van der Waals surface area (Å²) in [7, 11) is 1.41. The molecule has 0 aromatic heterocycles. The van der Waals surface area contributed by atoms with Crippen LogP contribution in [0.2, 0.25) is 0 Å². The fourth-order valence-electron chi connectivity index (χ4n) is 3.47. The Bertz CT molecular complexity index is 1300. The topological polar surface area (TPSA) is 156 Å². The second-order valence-electron chi connectivity index (χ2n) is 7.89. The Hall–Kier alpha value is -4.85. The monoisotopic (exact) mass is 516 g/mol. The standard InChI is InChI=1S/C28H28N4O6/c1-36-25(14-15-26(34)32-23-8-4-3-7-22(23)30)27(21-6-2-5-9-24(21)37-17-16-33)38-28(35)31-20-12-10-19(18-29)11-13-20/h2-15,25,27,33H,16-17,30H2,1H3,(H,31,35)(H,32,34)/b15-14+/t25-,27-/m0/s1. The molecule has 3 aromatic carbocycles. The van der Waals surface area contributed by atoms with Crippen LogP contribution in [0.25, 0.3) is 0 Å². The minimum Gasteiger partial charge on any atom is -0.491 e. The van der Waals surface area contributed by atoms with Crippen LogP contribution in [0, 0.1) is 11.3 Å². The van der Waals surface area contributed by atoms with E-state index in [9.17, 15) is 14.7 Å². The van der Waals surface area contributed by atoms with Gasteiger partial charge in [0.05, 0.1) is 29.6 Å². The second-order valence-corrected chi connectivity index (χ2v) is 7.89. The van der Waals surface area contributed by atoms with E-state index in [2.05, 4.69) is 10.6 Å². The third-order valence-corrected chi connectivity index (χ3v) is 5.30. The molecule has 0 aliphatic rings. The van der Waals surface area contributed by atoms with E-state index < -0.39 is 24.2 Å². The molecule has 0 saturated carbocycles. The molecule has 0 aliphatic carbocycles. The van der Waals surface area contributed by atoms with E-state index in [1.165, 1.54) is 19.3 Å². The zero-order chi connectivity index (χ0) is 27.3. The Labute approximate surface area is 220 Å².